The summed E-state index contributed by atoms with van der Waals surface area (Å²) in [5, 5.41) is 9.62. The third kappa shape index (κ3) is 2.56. The van der Waals surface area contributed by atoms with Gasteiger partial charge in [0.05, 0.1) is 5.92 Å². The Morgan fingerprint density at radius 1 is 1.24 bits per heavy atom. The Bertz CT molecular complexity index is 736. The highest BCUT2D eigenvalue weighted by atomic mass is 32.1. The molecule has 0 spiro atoms. The molecule has 3 heterocycles. The minimum absolute atomic E-state index is 0.254. The first-order chi connectivity index (χ1) is 10.4. The molecule has 1 atom stereocenters. The Morgan fingerprint density at radius 2 is 2.19 bits per heavy atom. The molecule has 0 saturated carbocycles. The average molecular weight is 297 g/mol. The lowest BCUT2D eigenvalue weighted by atomic mass is 9.94. The fourth-order valence-corrected chi connectivity index (χ4v) is 3.39. The van der Waals surface area contributed by atoms with Crippen LogP contribution in [0.1, 0.15) is 28.1 Å². The number of fused-ring (bicyclic) bond motifs is 1. The van der Waals surface area contributed by atoms with E-state index in [1.165, 1.54) is 16.1 Å². The molecule has 0 bridgehead atoms. The van der Waals surface area contributed by atoms with Crippen molar-refractivity contribution in [2.24, 2.45) is 0 Å². The smallest absolute Gasteiger partial charge is 0.231 e. The summed E-state index contributed by atoms with van der Waals surface area (Å²) in [5.74, 6) is 1.76. The molecule has 1 unspecified atom stereocenters. The Hall–Kier alpha value is -2.14. The zero-order valence-corrected chi connectivity index (χ0v) is 12.3. The van der Waals surface area contributed by atoms with Gasteiger partial charge in [-0.1, -0.05) is 29.4 Å². The normalized spacial score (nSPS) is 17.2. The average Bonchev–Trinajstić information content (AvgIpc) is 3.19. The van der Waals surface area contributed by atoms with Gasteiger partial charge < -0.3 is 9.84 Å². The number of aromatic nitrogens is 2. The van der Waals surface area contributed by atoms with Crippen molar-refractivity contribution in [2.45, 2.75) is 18.8 Å². The third-order valence-electron chi connectivity index (χ3n) is 3.77. The molecule has 0 fully saturated rings. The van der Waals surface area contributed by atoms with E-state index in [2.05, 4.69) is 51.2 Å². The van der Waals surface area contributed by atoms with Gasteiger partial charge in [-0.2, -0.15) is 4.98 Å². The third-order valence-corrected chi connectivity index (χ3v) is 4.64. The summed E-state index contributed by atoms with van der Waals surface area (Å²) in [6, 6.07) is 12.5. The molecule has 0 radical (unpaired) electrons. The maximum Gasteiger partial charge on any atom is 0.231 e. The van der Waals surface area contributed by atoms with Gasteiger partial charge in [0, 0.05) is 23.5 Å². The molecular weight excluding hydrogens is 282 g/mol. The number of hydrogen-bond acceptors (Lipinski definition) is 5. The van der Waals surface area contributed by atoms with E-state index in [9.17, 15) is 0 Å². The zero-order valence-electron chi connectivity index (χ0n) is 11.5. The molecule has 0 saturated heterocycles. The van der Waals surface area contributed by atoms with Crippen molar-refractivity contribution in [3.05, 3.63) is 63.9 Å². The van der Waals surface area contributed by atoms with Gasteiger partial charge in [0.15, 0.2) is 5.82 Å². The fourth-order valence-electron chi connectivity index (χ4n) is 2.69. The van der Waals surface area contributed by atoms with Crippen molar-refractivity contribution in [3.63, 3.8) is 0 Å². The van der Waals surface area contributed by atoms with Gasteiger partial charge in [-0.05, 0) is 29.5 Å². The maximum atomic E-state index is 5.47. The van der Waals surface area contributed by atoms with Crippen LogP contribution < -0.4 is 5.32 Å². The predicted molar refractivity (Wildman–Crippen MR) is 82.8 cm³/mol. The van der Waals surface area contributed by atoms with Crippen LogP contribution in [-0.4, -0.2) is 16.7 Å². The molecule has 21 heavy (non-hydrogen) atoms. The first-order valence-corrected chi connectivity index (χ1v) is 7.93. The molecule has 2 aromatic heterocycles. The molecule has 1 aliphatic heterocycles. The Labute approximate surface area is 126 Å². The Morgan fingerprint density at radius 3 is 3.10 bits per heavy atom. The summed E-state index contributed by atoms with van der Waals surface area (Å²) in [6.45, 7) is 0.845. The van der Waals surface area contributed by atoms with Crippen molar-refractivity contribution in [3.8, 4) is 0 Å². The first-order valence-electron chi connectivity index (χ1n) is 7.05. The Kier molecular flexibility index (Phi) is 3.20. The van der Waals surface area contributed by atoms with E-state index < -0.39 is 0 Å². The summed E-state index contributed by atoms with van der Waals surface area (Å²) in [6.07, 6.45) is 1.70. The van der Waals surface area contributed by atoms with E-state index in [-0.39, 0.29) is 5.92 Å². The lowest BCUT2D eigenvalue weighted by Gasteiger charge is -2.23. The number of anilines is 1. The van der Waals surface area contributed by atoms with E-state index in [4.69, 9.17) is 4.52 Å². The van der Waals surface area contributed by atoms with Crippen molar-refractivity contribution >= 4 is 17.0 Å². The standard InChI is InChI=1S/C16H15N3OS/c1-2-6-14-11(4-1)8-12(10-17-14)16-18-15(19-20-16)9-13-5-3-7-21-13/h1-7,12,17H,8-10H2. The second kappa shape index (κ2) is 5.33. The van der Waals surface area contributed by atoms with E-state index >= 15 is 0 Å². The molecular formula is C16H15N3OS. The highest BCUT2D eigenvalue weighted by Gasteiger charge is 2.24. The number of nitrogens with zero attached hydrogens (tertiary/aromatic N) is 2. The van der Waals surface area contributed by atoms with Gasteiger partial charge in [0.1, 0.15) is 0 Å². The number of para-hydroxylation sites is 1. The number of benzene rings is 1. The second-order valence-electron chi connectivity index (χ2n) is 5.24. The molecule has 1 N–H and O–H groups in total. The second-order valence-corrected chi connectivity index (χ2v) is 6.28. The van der Waals surface area contributed by atoms with Crippen LogP contribution in [0, 0.1) is 0 Å². The molecule has 5 heteroatoms. The first kappa shape index (κ1) is 12.6. The molecule has 1 aliphatic rings. The van der Waals surface area contributed by atoms with Gasteiger partial charge in [-0.3, -0.25) is 0 Å². The highest BCUT2D eigenvalue weighted by molar-refractivity contribution is 7.09. The van der Waals surface area contributed by atoms with Crippen LogP contribution in [0.25, 0.3) is 0 Å². The van der Waals surface area contributed by atoms with Crippen LogP contribution in [0.15, 0.2) is 46.3 Å². The largest absolute Gasteiger partial charge is 0.384 e. The summed E-state index contributed by atoms with van der Waals surface area (Å²) in [7, 11) is 0. The molecule has 0 amide bonds. The lowest BCUT2D eigenvalue weighted by Crippen LogP contribution is -2.21. The number of nitrogens with one attached hydrogen (secondary N) is 1. The van der Waals surface area contributed by atoms with Gasteiger partial charge in [0.2, 0.25) is 5.89 Å². The molecule has 1 aromatic carbocycles. The summed E-state index contributed by atoms with van der Waals surface area (Å²) >= 11 is 1.72. The van der Waals surface area contributed by atoms with Crippen molar-refractivity contribution < 1.29 is 4.52 Å². The molecule has 4 nitrogen and oxygen atoms in total. The van der Waals surface area contributed by atoms with E-state index in [1.807, 2.05) is 6.07 Å². The summed E-state index contributed by atoms with van der Waals surface area (Å²) in [4.78, 5) is 5.83. The molecule has 106 valence electrons. The highest BCUT2D eigenvalue weighted by Crippen LogP contribution is 2.29. The molecule has 3 aromatic rings. The van der Waals surface area contributed by atoms with E-state index in [0.29, 0.717) is 0 Å². The number of hydrogen-bond donors (Lipinski definition) is 1. The van der Waals surface area contributed by atoms with Gasteiger partial charge in [-0.15, -0.1) is 11.3 Å². The Balaban J connectivity index is 1.51. The van der Waals surface area contributed by atoms with E-state index in [0.717, 1.165) is 31.1 Å². The van der Waals surface area contributed by atoms with Gasteiger partial charge in [-0.25, -0.2) is 0 Å². The zero-order chi connectivity index (χ0) is 14.1. The predicted octanol–water partition coefficient (Wildman–Crippen LogP) is 3.47. The monoisotopic (exact) mass is 297 g/mol. The molecule has 4 rings (SSSR count). The van der Waals surface area contributed by atoms with Crippen LogP contribution in [0.5, 0.6) is 0 Å². The van der Waals surface area contributed by atoms with Gasteiger partial charge >= 0.3 is 0 Å². The fraction of sp³-hybridized carbons (Fsp3) is 0.250. The van der Waals surface area contributed by atoms with Crippen molar-refractivity contribution in [2.75, 3.05) is 11.9 Å². The summed E-state index contributed by atoms with van der Waals surface area (Å²) in [5.41, 5.74) is 2.53. The summed E-state index contributed by atoms with van der Waals surface area (Å²) < 4.78 is 5.47. The van der Waals surface area contributed by atoms with Crippen molar-refractivity contribution in [1.82, 2.24) is 10.1 Å². The number of thiophene rings is 1. The SMILES string of the molecule is c1csc(Cc2noc(C3CNc4ccccc4C3)n2)c1. The maximum absolute atomic E-state index is 5.47. The van der Waals surface area contributed by atoms with Crippen LogP contribution >= 0.6 is 11.3 Å². The topological polar surface area (TPSA) is 51.0 Å². The quantitative estimate of drug-likeness (QED) is 0.804. The van der Waals surface area contributed by atoms with Crippen molar-refractivity contribution in [1.29, 1.82) is 0 Å². The van der Waals surface area contributed by atoms with Crippen LogP contribution in [0.2, 0.25) is 0 Å². The van der Waals surface area contributed by atoms with Crippen LogP contribution in [0.3, 0.4) is 0 Å². The van der Waals surface area contributed by atoms with Crippen LogP contribution in [0.4, 0.5) is 5.69 Å². The minimum atomic E-state index is 0.254. The number of rotatable bonds is 3. The lowest BCUT2D eigenvalue weighted by molar-refractivity contribution is 0.350. The van der Waals surface area contributed by atoms with E-state index in [1.54, 1.807) is 11.3 Å². The van der Waals surface area contributed by atoms with Gasteiger partial charge in [0.25, 0.3) is 0 Å². The van der Waals surface area contributed by atoms with Crippen LogP contribution in [-0.2, 0) is 12.8 Å². The molecule has 0 aliphatic carbocycles. The minimum Gasteiger partial charge on any atom is -0.384 e.